The molecular weight excluding hydrogens is 1040 g/mol. The molecule has 0 aliphatic rings. The Morgan fingerprint density at radius 3 is 0.949 bits per heavy atom. The number of carboxylic acid groups (broad SMARTS) is 2. The molecule has 1 aromatic heterocycles. The van der Waals surface area contributed by atoms with E-state index in [0.717, 1.165) is 0 Å². The van der Waals surface area contributed by atoms with Gasteiger partial charge in [0.25, 0.3) is 5.91 Å². The molecule has 29 nitrogen and oxygen atoms in total. The van der Waals surface area contributed by atoms with Crippen molar-refractivity contribution in [1.82, 2.24) is 15.3 Å². The minimum absolute atomic E-state index is 0.140. The zero-order valence-corrected chi connectivity index (χ0v) is 45.7. The summed E-state index contributed by atoms with van der Waals surface area (Å²) in [5.74, 6) is -6.64. The van der Waals surface area contributed by atoms with Gasteiger partial charge in [0.05, 0.1) is 204 Å². The van der Waals surface area contributed by atoms with Gasteiger partial charge in [-0.05, 0) is 12.8 Å². The number of aromatic nitrogens is 2. The zero-order chi connectivity index (χ0) is 56.8. The van der Waals surface area contributed by atoms with E-state index >= 15 is 0 Å². The summed E-state index contributed by atoms with van der Waals surface area (Å²) in [5, 5.41) is 46.3. The van der Waals surface area contributed by atoms with E-state index in [0.29, 0.717) is 185 Å². The van der Waals surface area contributed by atoms with Crippen LogP contribution in [-0.4, -0.2) is 299 Å². The summed E-state index contributed by atoms with van der Waals surface area (Å²) >= 11 is 0. The Kier molecular flexibility index (Phi) is 49.6. The Hall–Kier alpha value is -3.96. The van der Waals surface area contributed by atoms with Crippen LogP contribution in [0.25, 0.3) is 0 Å². The first-order valence-corrected chi connectivity index (χ1v) is 26.2. The number of hydrogen-bond donors (Lipinski definition) is 7. The number of methoxy groups -OCH3 is 2. The van der Waals surface area contributed by atoms with Gasteiger partial charge in [-0.2, -0.15) is 0 Å². The number of aliphatic hydroxyl groups is 2. The van der Waals surface area contributed by atoms with Gasteiger partial charge in [-0.3, -0.25) is 14.4 Å². The highest BCUT2D eigenvalue weighted by atomic mass is 16.6. The molecule has 7 N–H and O–H groups in total. The van der Waals surface area contributed by atoms with Crippen LogP contribution >= 0.6 is 0 Å². The highest BCUT2D eigenvalue weighted by Crippen LogP contribution is 2.22. The number of carbonyl (C=O) groups excluding carboxylic acids is 2. The van der Waals surface area contributed by atoms with Crippen LogP contribution in [0.5, 0.6) is 0 Å². The highest BCUT2D eigenvalue weighted by Gasteiger charge is 2.29. The van der Waals surface area contributed by atoms with Crippen molar-refractivity contribution >= 4 is 35.3 Å². The number of Topliss-reactive ketones (excluding diaryl/α,β-unsaturated/α-hetero) is 1. The van der Waals surface area contributed by atoms with Crippen LogP contribution < -0.4 is 16.0 Å². The summed E-state index contributed by atoms with van der Waals surface area (Å²) in [6.07, 6.45) is 0.101. The van der Waals surface area contributed by atoms with Gasteiger partial charge >= 0.3 is 11.9 Å². The molecular formula is C49H89N5O24. The molecule has 0 bridgehead atoms. The predicted molar refractivity (Wildman–Crippen MR) is 277 cm³/mol. The average molecular weight is 1130 g/mol. The van der Waals surface area contributed by atoms with Crippen molar-refractivity contribution in [2.45, 2.75) is 25.3 Å². The van der Waals surface area contributed by atoms with E-state index in [-0.39, 0.29) is 56.8 Å². The van der Waals surface area contributed by atoms with E-state index in [2.05, 4.69) is 25.9 Å². The Labute approximate surface area is 457 Å². The van der Waals surface area contributed by atoms with E-state index in [4.69, 9.17) is 75.8 Å². The second kappa shape index (κ2) is 53.7. The van der Waals surface area contributed by atoms with Crippen LogP contribution in [0.15, 0.2) is 0 Å². The third kappa shape index (κ3) is 41.1. The third-order valence-electron chi connectivity index (χ3n) is 10.0. The van der Waals surface area contributed by atoms with Gasteiger partial charge in [-0.1, -0.05) is 0 Å². The summed E-state index contributed by atoms with van der Waals surface area (Å²) in [4.78, 5) is 59.1. The number of carbonyl (C=O) groups is 4. The van der Waals surface area contributed by atoms with Crippen LogP contribution in [-0.2, 0) is 85.4 Å². The minimum atomic E-state index is -1.69. The SMILES string of the molecule is COCCOCCOCCOCCOCCOCCOCCOCCCNc1nc(C(=O)NC(CO)C(=O)O)c(NCCCOCCOCCOCCOCCOCCOCCOCCOC)nc1C(=O)CC(CO)C(=O)O. The molecule has 0 saturated heterocycles. The van der Waals surface area contributed by atoms with E-state index in [1.54, 1.807) is 14.2 Å². The molecule has 0 fully saturated rings. The maximum Gasteiger partial charge on any atom is 0.328 e. The minimum Gasteiger partial charge on any atom is -0.481 e. The summed E-state index contributed by atoms with van der Waals surface area (Å²) in [7, 11) is 3.24. The van der Waals surface area contributed by atoms with Gasteiger partial charge < -0.3 is 112 Å². The lowest BCUT2D eigenvalue weighted by Crippen LogP contribution is -2.44. The van der Waals surface area contributed by atoms with Crippen molar-refractivity contribution in [3.8, 4) is 0 Å². The largest absolute Gasteiger partial charge is 0.481 e. The lowest BCUT2D eigenvalue weighted by molar-refractivity contribution is -0.143. The molecule has 0 aliphatic carbocycles. The summed E-state index contributed by atoms with van der Waals surface area (Å²) in [6, 6.07) is -1.69. The zero-order valence-electron chi connectivity index (χ0n) is 45.7. The van der Waals surface area contributed by atoms with Crippen LogP contribution in [0.1, 0.15) is 40.2 Å². The van der Waals surface area contributed by atoms with Gasteiger partial charge in [-0.15, -0.1) is 0 Å². The first-order chi connectivity index (χ1) is 38.2. The number of anilines is 2. The quantitative estimate of drug-likeness (QED) is 0.0305. The molecule has 454 valence electrons. The molecule has 0 aliphatic heterocycles. The van der Waals surface area contributed by atoms with E-state index in [1.807, 2.05) is 0 Å². The number of ketones is 1. The number of carboxylic acids is 2. The summed E-state index contributed by atoms with van der Waals surface area (Å²) in [6.45, 7) is 10.9. The fourth-order valence-electron chi connectivity index (χ4n) is 5.89. The van der Waals surface area contributed by atoms with E-state index < -0.39 is 60.9 Å². The van der Waals surface area contributed by atoms with E-state index in [9.17, 15) is 39.6 Å². The lowest BCUT2D eigenvalue weighted by Gasteiger charge is -2.18. The molecule has 1 rings (SSSR count). The smallest absolute Gasteiger partial charge is 0.328 e. The Morgan fingerprint density at radius 2 is 0.679 bits per heavy atom. The number of amides is 1. The molecule has 1 amide bonds. The molecule has 0 radical (unpaired) electrons. The number of aliphatic hydroxyl groups excluding tert-OH is 2. The second-order valence-corrected chi connectivity index (χ2v) is 16.1. The second-order valence-electron chi connectivity index (χ2n) is 16.1. The highest BCUT2D eigenvalue weighted by molar-refractivity contribution is 6.03. The molecule has 0 aromatic carbocycles. The van der Waals surface area contributed by atoms with Crippen molar-refractivity contribution in [2.75, 3.05) is 249 Å². The summed E-state index contributed by atoms with van der Waals surface area (Å²) < 4.78 is 86.5. The van der Waals surface area contributed by atoms with Crippen molar-refractivity contribution in [2.24, 2.45) is 5.92 Å². The van der Waals surface area contributed by atoms with Crippen LogP contribution in [0, 0.1) is 5.92 Å². The number of hydrogen-bond acceptors (Lipinski definition) is 26. The number of ether oxygens (including phenoxy) is 16. The molecule has 78 heavy (non-hydrogen) atoms. The van der Waals surface area contributed by atoms with E-state index in [1.165, 1.54) is 0 Å². The number of nitrogens with zero attached hydrogens (tertiary/aromatic N) is 2. The Bertz CT molecular complexity index is 1500. The van der Waals surface area contributed by atoms with Crippen LogP contribution in [0.4, 0.5) is 11.6 Å². The van der Waals surface area contributed by atoms with Crippen LogP contribution in [0.2, 0.25) is 0 Å². The third-order valence-corrected chi connectivity index (χ3v) is 10.0. The standard InChI is InChI=1S/C49H89N5O24/c1-63-9-11-67-17-19-71-25-27-75-33-35-77-31-29-73-23-21-69-15-13-65-7-3-5-50-45-43(42(57)37-40(38-55)48(59)60)53-46(44(54-45)47(58)52-41(39-56)49(61)62)51-6-4-8-66-14-16-70-22-24-74-30-32-78-36-34-76-28-26-72-20-18-68-12-10-64-2/h40-41,55-56H,3-39H2,1-2H3,(H,50,54)(H,51,53)(H,52,58)(H,59,60)(H,61,62). The topological polar surface area (TPSA) is 359 Å². The fraction of sp³-hybridized carbons (Fsp3) is 0.837. The van der Waals surface area contributed by atoms with Gasteiger partial charge in [0.2, 0.25) is 0 Å². The number of nitrogens with one attached hydrogen (secondary N) is 3. The molecule has 2 atom stereocenters. The van der Waals surface area contributed by atoms with Gasteiger partial charge in [0.1, 0.15) is 0 Å². The molecule has 0 spiro atoms. The maximum absolute atomic E-state index is 13.5. The average Bonchev–Trinajstić information content (AvgIpc) is 3.44. The van der Waals surface area contributed by atoms with Crippen molar-refractivity contribution in [1.29, 1.82) is 0 Å². The number of aliphatic carboxylic acids is 2. The van der Waals surface area contributed by atoms with Gasteiger partial charge in [-0.25, -0.2) is 14.8 Å². The lowest BCUT2D eigenvalue weighted by atomic mass is 10.0. The van der Waals surface area contributed by atoms with Gasteiger partial charge in [0, 0.05) is 46.9 Å². The summed E-state index contributed by atoms with van der Waals surface area (Å²) in [5.41, 5.74) is -0.749. The monoisotopic (exact) mass is 1130 g/mol. The maximum atomic E-state index is 13.5. The Morgan fingerprint density at radius 1 is 0.397 bits per heavy atom. The molecule has 1 aromatic rings. The van der Waals surface area contributed by atoms with Crippen LogP contribution in [0.3, 0.4) is 0 Å². The normalized spacial score (nSPS) is 12.2. The Balaban J connectivity index is 2.48. The molecule has 1 heterocycles. The van der Waals surface area contributed by atoms with Crippen molar-refractivity contribution in [3.05, 3.63) is 11.4 Å². The fourth-order valence-corrected chi connectivity index (χ4v) is 5.89. The molecule has 29 heteroatoms. The molecule has 2 unspecified atom stereocenters. The van der Waals surface area contributed by atoms with Crippen molar-refractivity contribution < 1.29 is 115 Å². The van der Waals surface area contributed by atoms with Crippen molar-refractivity contribution in [3.63, 3.8) is 0 Å². The van der Waals surface area contributed by atoms with Gasteiger partial charge in [0.15, 0.2) is 34.8 Å². The number of rotatable bonds is 61. The predicted octanol–water partition coefficient (Wildman–Crippen LogP) is -0.953. The first-order valence-electron chi connectivity index (χ1n) is 26.2. The molecule has 0 saturated carbocycles. The first kappa shape index (κ1) is 72.1.